The van der Waals surface area contributed by atoms with Crippen molar-refractivity contribution in [3.63, 3.8) is 0 Å². The molecule has 4 heteroatoms. The second-order valence-corrected chi connectivity index (χ2v) is 6.61. The summed E-state index contributed by atoms with van der Waals surface area (Å²) in [4.78, 5) is 13.2. The SMILES string of the molecule is [CH2]CCCNC(CCc1ccccc1)C(=O)c1cc(OC)c(C)c(OC)c1. The second kappa shape index (κ2) is 10.7. The molecule has 0 aliphatic rings. The zero-order valence-electron chi connectivity index (χ0n) is 16.6. The molecule has 4 nitrogen and oxygen atoms in total. The van der Waals surface area contributed by atoms with Crippen molar-refractivity contribution in [2.75, 3.05) is 20.8 Å². The van der Waals surface area contributed by atoms with Crippen LogP contribution in [-0.2, 0) is 6.42 Å². The standard InChI is InChI=1S/C23H30NO3/c1-5-6-14-24-20(13-12-18-10-8-7-9-11-18)23(25)19-15-21(26-3)17(2)22(16-19)27-4/h7-11,15-16,20,24H,1,5-6,12-14H2,2-4H3. The van der Waals surface area contributed by atoms with E-state index in [0.717, 1.165) is 37.8 Å². The molecule has 1 atom stereocenters. The van der Waals surface area contributed by atoms with E-state index < -0.39 is 0 Å². The van der Waals surface area contributed by atoms with Gasteiger partial charge in [-0.15, -0.1) is 0 Å². The van der Waals surface area contributed by atoms with Crippen molar-refractivity contribution in [3.8, 4) is 11.5 Å². The molecular weight excluding hydrogens is 338 g/mol. The van der Waals surface area contributed by atoms with Crippen LogP contribution in [0.3, 0.4) is 0 Å². The van der Waals surface area contributed by atoms with Crippen molar-refractivity contribution in [1.82, 2.24) is 5.32 Å². The molecule has 0 saturated heterocycles. The van der Waals surface area contributed by atoms with Crippen molar-refractivity contribution < 1.29 is 14.3 Å². The van der Waals surface area contributed by atoms with Gasteiger partial charge in [-0.1, -0.05) is 43.7 Å². The van der Waals surface area contributed by atoms with Gasteiger partial charge in [-0.2, -0.15) is 0 Å². The minimum absolute atomic E-state index is 0.0617. The van der Waals surface area contributed by atoms with Gasteiger partial charge in [-0.05, 0) is 50.4 Å². The lowest BCUT2D eigenvalue weighted by atomic mass is 9.96. The van der Waals surface area contributed by atoms with Crippen LogP contribution >= 0.6 is 0 Å². The zero-order valence-corrected chi connectivity index (χ0v) is 16.6. The number of carbonyl (C=O) groups is 1. The monoisotopic (exact) mass is 368 g/mol. The van der Waals surface area contributed by atoms with Gasteiger partial charge in [-0.3, -0.25) is 4.79 Å². The molecule has 0 fully saturated rings. The lowest BCUT2D eigenvalue weighted by Crippen LogP contribution is -2.38. The van der Waals surface area contributed by atoms with Crippen LogP contribution in [0.4, 0.5) is 0 Å². The maximum Gasteiger partial charge on any atom is 0.180 e. The highest BCUT2D eigenvalue weighted by Crippen LogP contribution is 2.30. The number of carbonyl (C=O) groups excluding carboxylic acids is 1. The number of methoxy groups -OCH3 is 2. The number of rotatable bonds is 11. The Morgan fingerprint density at radius 2 is 1.74 bits per heavy atom. The molecule has 0 saturated carbocycles. The van der Waals surface area contributed by atoms with E-state index in [-0.39, 0.29) is 11.8 Å². The van der Waals surface area contributed by atoms with Gasteiger partial charge in [0.15, 0.2) is 5.78 Å². The average molecular weight is 368 g/mol. The van der Waals surface area contributed by atoms with E-state index in [0.29, 0.717) is 17.1 Å². The fourth-order valence-electron chi connectivity index (χ4n) is 3.11. The molecule has 0 spiro atoms. The summed E-state index contributed by atoms with van der Waals surface area (Å²) < 4.78 is 10.8. The summed E-state index contributed by atoms with van der Waals surface area (Å²) in [5.74, 6) is 1.39. The number of ketones is 1. The van der Waals surface area contributed by atoms with Crippen molar-refractivity contribution in [2.24, 2.45) is 0 Å². The van der Waals surface area contributed by atoms with Gasteiger partial charge in [-0.25, -0.2) is 0 Å². The lowest BCUT2D eigenvalue weighted by Gasteiger charge is -2.19. The molecule has 27 heavy (non-hydrogen) atoms. The highest BCUT2D eigenvalue weighted by atomic mass is 16.5. The predicted octanol–water partition coefficient (Wildman–Crippen LogP) is 4.40. The third-order valence-electron chi connectivity index (χ3n) is 4.74. The Bertz CT molecular complexity index is 703. The molecule has 0 heterocycles. The normalized spacial score (nSPS) is 11.9. The molecule has 2 aromatic carbocycles. The Hall–Kier alpha value is -2.33. The molecule has 0 aliphatic heterocycles. The summed E-state index contributed by atoms with van der Waals surface area (Å²) in [6.07, 6.45) is 3.36. The smallest absolute Gasteiger partial charge is 0.180 e. The van der Waals surface area contributed by atoms with Crippen LogP contribution in [0.2, 0.25) is 0 Å². The van der Waals surface area contributed by atoms with Gasteiger partial charge in [0.05, 0.1) is 20.3 Å². The highest BCUT2D eigenvalue weighted by molar-refractivity contribution is 6.01. The Labute approximate surface area is 162 Å². The number of aryl methyl sites for hydroxylation is 1. The third-order valence-corrected chi connectivity index (χ3v) is 4.74. The first-order chi connectivity index (χ1) is 13.1. The molecule has 2 aromatic rings. The van der Waals surface area contributed by atoms with Crippen molar-refractivity contribution in [1.29, 1.82) is 0 Å². The topological polar surface area (TPSA) is 47.6 Å². The van der Waals surface area contributed by atoms with Gasteiger partial charge >= 0.3 is 0 Å². The van der Waals surface area contributed by atoms with E-state index in [2.05, 4.69) is 24.4 Å². The molecule has 2 rings (SSSR count). The molecule has 145 valence electrons. The van der Waals surface area contributed by atoms with Crippen molar-refractivity contribution in [3.05, 3.63) is 66.1 Å². The molecule has 1 N–H and O–H groups in total. The molecule has 0 aliphatic carbocycles. The highest BCUT2D eigenvalue weighted by Gasteiger charge is 2.22. The molecule has 0 bridgehead atoms. The third kappa shape index (κ3) is 5.83. The maximum atomic E-state index is 13.2. The van der Waals surface area contributed by atoms with E-state index in [4.69, 9.17) is 9.47 Å². The van der Waals surface area contributed by atoms with Crippen LogP contribution in [-0.4, -0.2) is 32.6 Å². The summed E-state index contributed by atoms with van der Waals surface area (Å²) in [7, 11) is 3.21. The van der Waals surface area contributed by atoms with Gasteiger partial charge in [0.2, 0.25) is 0 Å². The summed E-state index contributed by atoms with van der Waals surface area (Å²) in [6.45, 7) is 6.57. The van der Waals surface area contributed by atoms with Crippen LogP contribution < -0.4 is 14.8 Å². The van der Waals surface area contributed by atoms with Gasteiger partial charge in [0, 0.05) is 11.1 Å². The Morgan fingerprint density at radius 1 is 1.11 bits per heavy atom. The van der Waals surface area contributed by atoms with Crippen molar-refractivity contribution in [2.45, 2.75) is 38.6 Å². The summed E-state index contributed by atoms with van der Waals surface area (Å²) in [6, 6.07) is 13.6. The van der Waals surface area contributed by atoms with Crippen molar-refractivity contribution >= 4 is 5.78 Å². The van der Waals surface area contributed by atoms with Gasteiger partial charge in [0.1, 0.15) is 11.5 Å². The van der Waals surface area contributed by atoms with E-state index in [9.17, 15) is 4.79 Å². The van der Waals surface area contributed by atoms with E-state index in [1.807, 2.05) is 25.1 Å². The second-order valence-electron chi connectivity index (χ2n) is 6.61. The molecule has 1 radical (unpaired) electrons. The number of ether oxygens (including phenoxy) is 2. The molecule has 0 amide bonds. The van der Waals surface area contributed by atoms with E-state index >= 15 is 0 Å². The first-order valence-corrected chi connectivity index (χ1v) is 9.44. The molecule has 1 unspecified atom stereocenters. The Balaban J connectivity index is 2.21. The number of hydrogen-bond donors (Lipinski definition) is 1. The Morgan fingerprint density at radius 3 is 2.30 bits per heavy atom. The van der Waals surface area contributed by atoms with E-state index in [1.165, 1.54) is 5.56 Å². The summed E-state index contributed by atoms with van der Waals surface area (Å²) in [5.41, 5.74) is 2.73. The van der Waals surface area contributed by atoms with Crippen LogP contribution in [0.15, 0.2) is 42.5 Å². The largest absolute Gasteiger partial charge is 0.496 e. The molecule has 0 aromatic heterocycles. The first kappa shape index (κ1) is 21.0. The van der Waals surface area contributed by atoms with Crippen LogP contribution in [0.5, 0.6) is 11.5 Å². The fourth-order valence-corrected chi connectivity index (χ4v) is 3.11. The first-order valence-electron chi connectivity index (χ1n) is 9.44. The fraction of sp³-hybridized carbons (Fsp3) is 0.391. The summed E-state index contributed by atoms with van der Waals surface area (Å²) in [5, 5.41) is 3.41. The quantitative estimate of drug-likeness (QED) is 0.472. The maximum absolute atomic E-state index is 13.2. The number of hydrogen-bond acceptors (Lipinski definition) is 4. The zero-order chi connectivity index (χ0) is 19.6. The lowest BCUT2D eigenvalue weighted by molar-refractivity contribution is 0.0937. The average Bonchev–Trinajstić information content (AvgIpc) is 2.71. The summed E-state index contributed by atoms with van der Waals surface area (Å²) >= 11 is 0. The number of unbranched alkanes of at least 4 members (excludes halogenated alkanes) is 1. The van der Waals surface area contributed by atoms with Crippen LogP contribution in [0.25, 0.3) is 0 Å². The van der Waals surface area contributed by atoms with Crippen LogP contribution in [0, 0.1) is 13.8 Å². The molecular formula is C23H30NO3. The number of nitrogens with one attached hydrogen (secondary N) is 1. The van der Waals surface area contributed by atoms with E-state index in [1.54, 1.807) is 26.4 Å². The predicted molar refractivity (Wildman–Crippen MR) is 110 cm³/mol. The van der Waals surface area contributed by atoms with Gasteiger partial charge in [0.25, 0.3) is 0 Å². The van der Waals surface area contributed by atoms with Gasteiger partial charge < -0.3 is 14.8 Å². The minimum Gasteiger partial charge on any atom is -0.496 e. The number of benzene rings is 2. The Kier molecular flexibility index (Phi) is 8.34. The number of Topliss-reactive ketones (excluding diaryl/α,β-unsaturated/α-hetero) is 1. The van der Waals surface area contributed by atoms with Crippen LogP contribution in [0.1, 0.15) is 40.7 Å². The minimum atomic E-state index is -0.256.